The molecule has 0 radical (unpaired) electrons. The molecule has 4 unspecified atom stereocenters. The molecule has 26 heavy (non-hydrogen) atoms. The molecule has 3 fully saturated rings. The number of nitrogens with zero attached hydrogens (tertiary/aromatic N) is 2. The molecule has 1 aromatic rings. The predicted octanol–water partition coefficient (Wildman–Crippen LogP) is 2.31. The molecule has 2 amide bonds. The van der Waals surface area contributed by atoms with Crippen LogP contribution in [0.1, 0.15) is 24.8 Å². The normalized spacial score (nSPS) is 30.5. The van der Waals surface area contributed by atoms with Crippen molar-refractivity contribution in [1.82, 2.24) is 9.80 Å². The number of carbonyl (C=O) groups is 2. The van der Waals surface area contributed by atoms with Crippen molar-refractivity contribution in [2.24, 2.45) is 23.5 Å². The molecule has 7 heteroatoms. The summed E-state index contributed by atoms with van der Waals surface area (Å²) < 4.78 is 0. The molecule has 1 aliphatic heterocycles. The molecule has 1 saturated heterocycles. The van der Waals surface area contributed by atoms with Crippen molar-refractivity contribution in [3.63, 3.8) is 0 Å². The third kappa shape index (κ3) is 3.57. The number of benzene rings is 1. The van der Waals surface area contributed by atoms with Gasteiger partial charge >= 0.3 is 0 Å². The standard InChI is InChI=1S/C19H24ClN3O2.ClH/c20-15-5-1-12(2-6-15)10-22-7-8-23(11-16(22)24)19(25)17-13-3-4-14(9-13)18(17)21;/h1-2,5-6,13-14,17-18H,3-4,7-11,21H2;1H. The van der Waals surface area contributed by atoms with E-state index in [1.807, 2.05) is 29.2 Å². The Hall–Kier alpha value is -1.30. The first-order valence-corrected chi connectivity index (χ1v) is 9.47. The van der Waals surface area contributed by atoms with Gasteiger partial charge in [-0.2, -0.15) is 0 Å². The second-order valence-electron chi connectivity index (χ2n) is 7.64. The molecule has 5 nitrogen and oxygen atoms in total. The molecule has 2 saturated carbocycles. The highest BCUT2D eigenvalue weighted by molar-refractivity contribution is 6.30. The van der Waals surface area contributed by atoms with E-state index >= 15 is 0 Å². The summed E-state index contributed by atoms with van der Waals surface area (Å²) in [6.45, 7) is 1.90. The van der Waals surface area contributed by atoms with Gasteiger partial charge in [0.2, 0.25) is 11.8 Å². The molecule has 0 spiro atoms. The van der Waals surface area contributed by atoms with Crippen LogP contribution >= 0.6 is 24.0 Å². The van der Waals surface area contributed by atoms with E-state index in [4.69, 9.17) is 17.3 Å². The number of amides is 2. The molecule has 1 heterocycles. The summed E-state index contributed by atoms with van der Waals surface area (Å²) in [5.74, 6) is 0.954. The fourth-order valence-electron chi connectivity index (χ4n) is 4.79. The number of nitrogens with two attached hydrogens (primary N) is 1. The molecule has 3 aliphatic rings. The zero-order valence-corrected chi connectivity index (χ0v) is 16.2. The van der Waals surface area contributed by atoms with Crippen LogP contribution in [0, 0.1) is 17.8 Å². The van der Waals surface area contributed by atoms with Crippen LogP contribution in [-0.4, -0.2) is 47.3 Å². The fraction of sp³-hybridized carbons (Fsp3) is 0.579. The van der Waals surface area contributed by atoms with Crippen LogP contribution in [-0.2, 0) is 16.1 Å². The van der Waals surface area contributed by atoms with Gasteiger partial charge in [-0.05, 0) is 48.8 Å². The minimum Gasteiger partial charge on any atom is -0.335 e. The minimum absolute atomic E-state index is 0. The number of carbonyl (C=O) groups excluding carboxylic acids is 2. The summed E-state index contributed by atoms with van der Waals surface area (Å²) in [5, 5.41) is 0.688. The number of piperazine rings is 1. The van der Waals surface area contributed by atoms with E-state index in [1.54, 1.807) is 4.90 Å². The summed E-state index contributed by atoms with van der Waals surface area (Å²) >= 11 is 5.90. The maximum Gasteiger partial charge on any atom is 0.242 e. The average molecular weight is 398 g/mol. The van der Waals surface area contributed by atoms with E-state index in [1.165, 1.54) is 0 Å². The molecular weight excluding hydrogens is 373 g/mol. The monoisotopic (exact) mass is 397 g/mol. The first-order valence-electron chi connectivity index (χ1n) is 9.09. The van der Waals surface area contributed by atoms with Crippen molar-refractivity contribution >= 4 is 35.8 Å². The lowest BCUT2D eigenvalue weighted by atomic mass is 9.84. The summed E-state index contributed by atoms with van der Waals surface area (Å²) in [6.07, 6.45) is 3.35. The highest BCUT2D eigenvalue weighted by Gasteiger charge is 2.50. The summed E-state index contributed by atoms with van der Waals surface area (Å²) in [7, 11) is 0. The van der Waals surface area contributed by atoms with Crippen molar-refractivity contribution in [2.45, 2.75) is 31.8 Å². The fourth-order valence-corrected chi connectivity index (χ4v) is 4.91. The summed E-state index contributed by atoms with van der Waals surface area (Å²) in [6, 6.07) is 7.51. The number of halogens is 2. The van der Waals surface area contributed by atoms with Crippen molar-refractivity contribution in [2.75, 3.05) is 19.6 Å². The molecule has 4 rings (SSSR count). The lowest BCUT2D eigenvalue weighted by Gasteiger charge is -2.38. The highest BCUT2D eigenvalue weighted by Crippen LogP contribution is 2.48. The van der Waals surface area contributed by atoms with Crippen molar-refractivity contribution < 1.29 is 9.59 Å². The van der Waals surface area contributed by atoms with Crippen LogP contribution in [0.15, 0.2) is 24.3 Å². The molecule has 1 aromatic carbocycles. The lowest BCUT2D eigenvalue weighted by Crippen LogP contribution is -2.55. The average Bonchev–Trinajstić information content (AvgIpc) is 3.19. The molecule has 2 N–H and O–H groups in total. The van der Waals surface area contributed by atoms with Gasteiger partial charge in [0.25, 0.3) is 0 Å². The quantitative estimate of drug-likeness (QED) is 0.850. The lowest BCUT2D eigenvalue weighted by molar-refractivity contribution is -0.149. The van der Waals surface area contributed by atoms with E-state index < -0.39 is 0 Å². The van der Waals surface area contributed by atoms with Gasteiger partial charge < -0.3 is 15.5 Å². The third-order valence-electron chi connectivity index (χ3n) is 6.18. The second kappa shape index (κ2) is 7.75. The zero-order valence-electron chi connectivity index (χ0n) is 14.6. The van der Waals surface area contributed by atoms with E-state index in [9.17, 15) is 9.59 Å². The Bertz CT molecular complexity index is 680. The highest BCUT2D eigenvalue weighted by atomic mass is 35.5. The molecule has 0 aromatic heterocycles. The largest absolute Gasteiger partial charge is 0.335 e. The first-order chi connectivity index (χ1) is 12.0. The zero-order chi connectivity index (χ0) is 17.6. The summed E-state index contributed by atoms with van der Waals surface area (Å²) in [4.78, 5) is 29.0. The van der Waals surface area contributed by atoms with E-state index in [-0.39, 0.29) is 42.7 Å². The predicted molar refractivity (Wildman–Crippen MR) is 103 cm³/mol. The Morgan fingerprint density at radius 1 is 1.15 bits per heavy atom. The second-order valence-corrected chi connectivity index (χ2v) is 8.07. The van der Waals surface area contributed by atoms with Crippen molar-refractivity contribution in [3.8, 4) is 0 Å². The SMILES string of the molecule is Cl.NC1C2CCC(C2)C1C(=O)N1CCN(Cc2ccc(Cl)cc2)C(=O)C1. The van der Waals surface area contributed by atoms with Gasteiger partial charge in [-0.1, -0.05) is 23.7 Å². The van der Waals surface area contributed by atoms with Gasteiger partial charge in [0, 0.05) is 30.7 Å². The van der Waals surface area contributed by atoms with Crippen LogP contribution in [0.2, 0.25) is 5.02 Å². The van der Waals surface area contributed by atoms with E-state index in [2.05, 4.69) is 0 Å². The number of hydrogen-bond donors (Lipinski definition) is 1. The van der Waals surface area contributed by atoms with Gasteiger partial charge in [-0.25, -0.2) is 0 Å². The maximum absolute atomic E-state index is 12.9. The van der Waals surface area contributed by atoms with Crippen molar-refractivity contribution in [3.05, 3.63) is 34.9 Å². The van der Waals surface area contributed by atoms with Crippen LogP contribution in [0.25, 0.3) is 0 Å². The molecule has 2 aliphatic carbocycles. The number of rotatable bonds is 3. The Morgan fingerprint density at radius 2 is 1.85 bits per heavy atom. The first kappa shape index (κ1) is 19.5. The molecule has 2 bridgehead atoms. The van der Waals surface area contributed by atoms with Crippen LogP contribution in [0.4, 0.5) is 0 Å². The van der Waals surface area contributed by atoms with Gasteiger partial charge in [0.1, 0.15) is 0 Å². The Morgan fingerprint density at radius 3 is 2.46 bits per heavy atom. The summed E-state index contributed by atoms with van der Waals surface area (Å²) in [5.41, 5.74) is 7.34. The number of hydrogen-bond acceptors (Lipinski definition) is 3. The third-order valence-corrected chi connectivity index (χ3v) is 6.43. The Labute approximate surface area is 165 Å². The van der Waals surface area contributed by atoms with E-state index in [0.717, 1.165) is 24.8 Å². The number of fused-ring (bicyclic) bond motifs is 2. The molecular formula is C19H25Cl2N3O2. The topological polar surface area (TPSA) is 66.6 Å². The van der Waals surface area contributed by atoms with Crippen molar-refractivity contribution in [1.29, 1.82) is 0 Å². The Kier molecular flexibility index (Phi) is 5.80. The van der Waals surface area contributed by atoms with Gasteiger partial charge in [-0.3, -0.25) is 9.59 Å². The molecule has 142 valence electrons. The maximum atomic E-state index is 12.9. The van der Waals surface area contributed by atoms with Gasteiger partial charge in [0.05, 0.1) is 12.5 Å². The smallest absolute Gasteiger partial charge is 0.242 e. The molecule has 4 atom stereocenters. The van der Waals surface area contributed by atoms with E-state index in [0.29, 0.717) is 36.5 Å². The Balaban J connectivity index is 0.00000196. The van der Waals surface area contributed by atoms with Gasteiger partial charge in [-0.15, -0.1) is 12.4 Å². The van der Waals surface area contributed by atoms with Crippen LogP contribution < -0.4 is 5.73 Å². The minimum atomic E-state index is -0.0747. The van der Waals surface area contributed by atoms with Crippen LogP contribution in [0.5, 0.6) is 0 Å². The van der Waals surface area contributed by atoms with Crippen LogP contribution in [0.3, 0.4) is 0 Å². The van der Waals surface area contributed by atoms with Gasteiger partial charge in [0.15, 0.2) is 0 Å².